The first-order valence-corrected chi connectivity index (χ1v) is 16.1. The number of hydrogen-bond donors (Lipinski definition) is 1. The van der Waals surface area contributed by atoms with Crippen molar-refractivity contribution in [2.75, 3.05) is 37.7 Å². The molecule has 4 rings (SSSR count). The monoisotopic (exact) mass is 609 g/mol. The van der Waals surface area contributed by atoms with Crippen molar-refractivity contribution in [1.82, 2.24) is 9.80 Å². The van der Waals surface area contributed by atoms with E-state index in [0.29, 0.717) is 56.8 Å². The molecule has 1 N–H and O–H groups in total. The lowest BCUT2D eigenvalue weighted by Crippen LogP contribution is -2.60. The van der Waals surface area contributed by atoms with Crippen LogP contribution in [-0.4, -0.2) is 88.3 Å². The average Bonchev–Trinajstić information content (AvgIpc) is 3.54. The van der Waals surface area contributed by atoms with Gasteiger partial charge in [-0.2, -0.15) is 0 Å². The highest BCUT2D eigenvalue weighted by molar-refractivity contribution is 6.03. The molecule has 2 unspecified atom stereocenters. The first-order valence-electron chi connectivity index (χ1n) is 16.1. The molecule has 3 fully saturated rings. The van der Waals surface area contributed by atoms with Crippen LogP contribution >= 0.6 is 0 Å². The molecule has 44 heavy (non-hydrogen) atoms. The van der Waals surface area contributed by atoms with Gasteiger partial charge in [0.25, 0.3) is 0 Å². The minimum atomic E-state index is -1.10. The number of aliphatic hydroxyl groups excluding tert-OH is 1. The molecule has 9 heteroatoms. The second-order valence-electron chi connectivity index (χ2n) is 13.5. The van der Waals surface area contributed by atoms with Crippen LogP contribution in [0.4, 0.5) is 5.69 Å². The average molecular weight is 610 g/mol. The smallest absolute Gasteiger partial charge is 0.249 e. The number of ether oxygens (including phenoxy) is 2. The van der Waals surface area contributed by atoms with Gasteiger partial charge in [0.1, 0.15) is 17.4 Å². The summed E-state index contributed by atoms with van der Waals surface area (Å²) in [7, 11) is 0. The van der Waals surface area contributed by atoms with Crippen molar-refractivity contribution in [2.45, 2.75) is 95.9 Å². The standard InChI is InChI=1S/C35H51N3O6/c1-8-21-36(25-15-17-26(18-16-25)43-10-3)30(40)27-28-31(41)37(23-13-11-12-14-24-39)29(35(28)20-19-34(27,7)44-35)32(42)38(22-9-2)33(4,5)6/h8-9,15-18,27-29,39H,1-2,10-14,19-24H2,3-7H3/t27-,28-,29?,34+,35?/m0/s1. The number of fused-ring (bicyclic) bond motifs is 1. The van der Waals surface area contributed by atoms with Crippen LogP contribution in [0.3, 0.4) is 0 Å². The van der Waals surface area contributed by atoms with Gasteiger partial charge in [-0.15, -0.1) is 13.2 Å². The summed E-state index contributed by atoms with van der Waals surface area (Å²) in [4.78, 5) is 48.8. The fourth-order valence-corrected chi connectivity index (χ4v) is 7.55. The number of benzene rings is 1. The van der Waals surface area contributed by atoms with Crippen molar-refractivity contribution >= 4 is 23.4 Å². The summed E-state index contributed by atoms with van der Waals surface area (Å²) in [5.74, 6) is -1.39. The molecule has 0 radical (unpaired) electrons. The van der Waals surface area contributed by atoms with Gasteiger partial charge >= 0.3 is 0 Å². The quantitative estimate of drug-likeness (QED) is 0.228. The first-order chi connectivity index (χ1) is 20.9. The molecule has 1 aromatic carbocycles. The third-order valence-corrected chi connectivity index (χ3v) is 9.51. The van der Waals surface area contributed by atoms with Crippen molar-refractivity contribution in [3.63, 3.8) is 0 Å². The molecule has 1 spiro atoms. The van der Waals surface area contributed by atoms with Crippen molar-refractivity contribution in [3.05, 3.63) is 49.6 Å². The second-order valence-corrected chi connectivity index (χ2v) is 13.5. The SMILES string of the molecule is C=CCN(C(=O)[C@@H]1[C@H]2C(=O)N(CCCCCCO)C(C(=O)N(CC=C)C(C)(C)C)C23CC[C@@]1(C)O3)c1ccc(OCC)cc1. The van der Waals surface area contributed by atoms with E-state index in [1.54, 1.807) is 26.9 Å². The van der Waals surface area contributed by atoms with Gasteiger partial charge < -0.3 is 29.3 Å². The predicted molar refractivity (Wildman–Crippen MR) is 171 cm³/mol. The molecule has 3 aliphatic heterocycles. The number of carbonyl (C=O) groups excluding carboxylic acids is 3. The predicted octanol–water partition coefficient (Wildman–Crippen LogP) is 4.73. The fraction of sp³-hybridized carbons (Fsp3) is 0.629. The van der Waals surface area contributed by atoms with E-state index in [0.717, 1.165) is 12.8 Å². The lowest BCUT2D eigenvalue weighted by molar-refractivity contribution is -0.154. The number of nitrogens with zero attached hydrogens (tertiary/aromatic N) is 3. The Morgan fingerprint density at radius 3 is 2.32 bits per heavy atom. The lowest BCUT2D eigenvalue weighted by Gasteiger charge is -2.42. The van der Waals surface area contributed by atoms with Crippen LogP contribution < -0.4 is 9.64 Å². The number of aliphatic hydroxyl groups is 1. The Hall–Kier alpha value is -3.17. The summed E-state index contributed by atoms with van der Waals surface area (Å²) in [5, 5.41) is 9.22. The zero-order valence-electron chi connectivity index (χ0n) is 27.2. The lowest BCUT2D eigenvalue weighted by atomic mass is 9.66. The van der Waals surface area contributed by atoms with Crippen molar-refractivity contribution in [3.8, 4) is 5.75 Å². The molecule has 3 heterocycles. The molecule has 2 bridgehead atoms. The largest absolute Gasteiger partial charge is 0.494 e. The molecule has 1 aromatic rings. The van der Waals surface area contributed by atoms with E-state index in [2.05, 4.69) is 13.2 Å². The second kappa shape index (κ2) is 13.4. The zero-order chi connectivity index (χ0) is 32.3. The molecule has 0 aliphatic carbocycles. The Balaban J connectivity index is 1.74. The summed E-state index contributed by atoms with van der Waals surface area (Å²) < 4.78 is 12.5. The van der Waals surface area contributed by atoms with Crippen molar-refractivity contribution < 1.29 is 29.0 Å². The van der Waals surface area contributed by atoms with E-state index in [4.69, 9.17) is 9.47 Å². The maximum absolute atomic E-state index is 14.6. The van der Waals surface area contributed by atoms with Gasteiger partial charge in [0, 0.05) is 37.5 Å². The van der Waals surface area contributed by atoms with Gasteiger partial charge in [-0.25, -0.2) is 0 Å². The molecule has 3 amide bonds. The molecule has 3 saturated heterocycles. The summed E-state index contributed by atoms with van der Waals surface area (Å²) >= 11 is 0. The minimum Gasteiger partial charge on any atom is -0.494 e. The maximum Gasteiger partial charge on any atom is 0.249 e. The summed E-state index contributed by atoms with van der Waals surface area (Å²) in [6.07, 6.45) is 7.54. The molecular weight excluding hydrogens is 558 g/mol. The van der Waals surface area contributed by atoms with Gasteiger partial charge in [0.15, 0.2) is 0 Å². The van der Waals surface area contributed by atoms with Crippen LogP contribution in [0.5, 0.6) is 5.75 Å². The first kappa shape index (κ1) is 33.7. The highest BCUT2D eigenvalue weighted by atomic mass is 16.5. The van der Waals surface area contributed by atoms with E-state index >= 15 is 0 Å². The van der Waals surface area contributed by atoms with Crippen LogP contribution in [0.15, 0.2) is 49.6 Å². The number of amides is 3. The van der Waals surface area contributed by atoms with E-state index in [9.17, 15) is 19.5 Å². The van der Waals surface area contributed by atoms with Crippen LogP contribution in [0.2, 0.25) is 0 Å². The van der Waals surface area contributed by atoms with Crippen LogP contribution in [0.25, 0.3) is 0 Å². The molecule has 5 atom stereocenters. The van der Waals surface area contributed by atoms with E-state index < -0.39 is 34.6 Å². The van der Waals surface area contributed by atoms with Crippen molar-refractivity contribution in [2.24, 2.45) is 11.8 Å². The number of likely N-dealkylation sites (tertiary alicyclic amines) is 1. The summed E-state index contributed by atoms with van der Waals surface area (Å²) in [5.41, 5.74) is -1.82. The molecule has 9 nitrogen and oxygen atoms in total. The molecule has 0 saturated carbocycles. The normalized spacial score (nSPS) is 27.3. The number of rotatable bonds is 15. The topological polar surface area (TPSA) is 99.6 Å². The number of carbonyl (C=O) groups is 3. The zero-order valence-corrected chi connectivity index (χ0v) is 27.2. The number of hydrogen-bond acceptors (Lipinski definition) is 6. The number of unbranched alkanes of at least 4 members (excludes halogenated alkanes) is 3. The van der Waals surface area contributed by atoms with Gasteiger partial charge in [-0.05, 0) is 84.6 Å². The molecule has 242 valence electrons. The third kappa shape index (κ3) is 6.05. The fourth-order valence-electron chi connectivity index (χ4n) is 7.55. The van der Waals surface area contributed by atoms with Gasteiger partial charge in [0.2, 0.25) is 17.7 Å². The molecule has 3 aliphatic rings. The Labute approximate surface area is 262 Å². The van der Waals surface area contributed by atoms with Gasteiger partial charge in [0.05, 0.1) is 24.0 Å². The van der Waals surface area contributed by atoms with E-state index in [1.165, 1.54) is 0 Å². The van der Waals surface area contributed by atoms with Crippen LogP contribution in [-0.2, 0) is 19.1 Å². The molecule has 0 aromatic heterocycles. The summed E-state index contributed by atoms with van der Waals surface area (Å²) in [6, 6.07) is 6.51. The van der Waals surface area contributed by atoms with Crippen LogP contribution in [0, 0.1) is 11.8 Å². The summed E-state index contributed by atoms with van der Waals surface area (Å²) in [6.45, 7) is 19.2. The van der Waals surface area contributed by atoms with Crippen LogP contribution in [0.1, 0.15) is 73.1 Å². The Kier molecular flexibility index (Phi) is 10.3. The van der Waals surface area contributed by atoms with Gasteiger partial charge in [-0.1, -0.05) is 25.0 Å². The van der Waals surface area contributed by atoms with Crippen molar-refractivity contribution in [1.29, 1.82) is 0 Å². The Morgan fingerprint density at radius 2 is 1.73 bits per heavy atom. The number of anilines is 1. The highest BCUT2D eigenvalue weighted by Crippen LogP contribution is 2.63. The maximum atomic E-state index is 14.6. The van der Waals surface area contributed by atoms with Gasteiger partial charge in [-0.3, -0.25) is 14.4 Å². The molecular formula is C35H51N3O6. The highest BCUT2D eigenvalue weighted by Gasteiger charge is 2.78. The van der Waals surface area contributed by atoms with E-state index in [-0.39, 0.29) is 30.9 Å². The Morgan fingerprint density at radius 1 is 1.07 bits per heavy atom. The minimum absolute atomic E-state index is 0.128. The van der Waals surface area contributed by atoms with E-state index in [1.807, 2.05) is 58.9 Å². The third-order valence-electron chi connectivity index (χ3n) is 9.51. The Bertz CT molecular complexity index is 1230.